The first-order valence-electron chi connectivity index (χ1n) is 6.89. The normalized spacial score (nSPS) is 22.2. The number of anilines is 2. The summed E-state index contributed by atoms with van der Waals surface area (Å²) in [6, 6.07) is 0.398. The van der Waals surface area contributed by atoms with Crippen LogP contribution in [0.25, 0.3) is 0 Å². The Labute approximate surface area is 123 Å². The van der Waals surface area contributed by atoms with Gasteiger partial charge in [0.25, 0.3) is 0 Å². The van der Waals surface area contributed by atoms with Crippen molar-refractivity contribution in [2.75, 3.05) is 17.7 Å². The van der Waals surface area contributed by atoms with Gasteiger partial charge in [0.05, 0.1) is 27.6 Å². The van der Waals surface area contributed by atoms with Crippen LogP contribution in [-0.2, 0) is 4.74 Å². The summed E-state index contributed by atoms with van der Waals surface area (Å²) in [5.74, 6) is 0. The number of aromatic nitrogens is 1. The zero-order chi connectivity index (χ0) is 13.9. The summed E-state index contributed by atoms with van der Waals surface area (Å²) in [6.07, 6.45) is 7.58. The molecule has 1 aromatic heterocycles. The molecule has 3 N–H and O–H groups in total. The summed E-state index contributed by atoms with van der Waals surface area (Å²) in [5, 5.41) is 3.55. The molecule has 0 spiro atoms. The van der Waals surface area contributed by atoms with Gasteiger partial charge in [-0.1, -0.05) is 13.8 Å². The van der Waals surface area contributed by atoms with Crippen molar-refractivity contribution in [2.45, 2.75) is 51.2 Å². The molecule has 0 aliphatic carbocycles. The Kier molecular flexibility index (Phi) is 4.68. The third-order valence-corrected chi connectivity index (χ3v) is 4.66. The Morgan fingerprint density at radius 2 is 2.21 bits per heavy atom. The Bertz CT molecular complexity index is 414. The van der Waals surface area contributed by atoms with E-state index < -0.39 is 0 Å². The number of rotatable bonds is 4. The number of halogens is 1. The lowest BCUT2D eigenvalue weighted by molar-refractivity contribution is -0.0864. The molecule has 0 aromatic carbocycles. The van der Waals surface area contributed by atoms with Crippen molar-refractivity contribution in [2.24, 2.45) is 0 Å². The number of hydrogen-bond acceptors (Lipinski definition) is 4. The first kappa shape index (κ1) is 14.6. The SMILES string of the molecule is CCC1(CC)CC(Nc2c(N)cncc2Br)CCO1. The second kappa shape index (κ2) is 6.09. The average Bonchev–Trinajstić information content (AvgIpc) is 2.43. The number of nitrogen functional groups attached to an aromatic ring is 1. The lowest BCUT2D eigenvalue weighted by Gasteiger charge is -2.40. The van der Waals surface area contributed by atoms with E-state index in [0.717, 1.165) is 42.5 Å². The molecular formula is C14H22BrN3O. The summed E-state index contributed by atoms with van der Waals surface area (Å²) in [4.78, 5) is 4.06. The molecule has 106 valence electrons. The zero-order valence-electron chi connectivity index (χ0n) is 11.6. The molecule has 0 saturated carbocycles. The van der Waals surface area contributed by atoms with Gasteiger partial charge in [-0.15, -0.1) is 0 Å². The number of nitrogens with one attached hydrogen (secondary N) is 1. The maximum atomic E-state index is 6.00. The Balaban J connectivity index is 2.11. The third kappa shape index (κ3) is 3.20. The fourth-order valence-electron chi connectivity index (χ4n) is 2.70. The highest BCUT2D eigenvalue weighted by Crippen LogP contribution is 2.35. The molecule has 1 atom stereocenters. The van der Waals surface area contributed by atoms with Gasteiger partial charge in [-0.2, -0.15) is 0 Å². The number of nitrogens with two attached hydrogens (primary N) is 1. The molecule has 0 radical (unpaired) electrons. The van der Waals surface area contributed by atoms with Gasteiger partial charge < -0.3 is 15.8 Å². The molecule has 2 heterocycles. The molecule has 1 aliphatic rings. The van der Waals surface area contributed by atoms with Crippen molar-refractivity contribution in [1.29, 1.82) is 0 Å². The van der Waals surface area contributed by atoms with Crippen LogP contribution in [0.5, 0.6) is 0 Å². The smallest absolute Gasteiger partial charge is 0.0752 e. The zero-order valence-corrected chi connectivity index (χ0v) is 13.2. The molecule has 1 aliphatic heterocycles. The molecule has 4 nitrogen and oxygen atoms in total. The van der Waals surface area contributed by atoms with Crippen LogP contribution in [0.3, 0.4) is 0 Å². The third-order valence-electron chi connectivity index (χ3n) is 4.06. The van der Waals surface area contributed by atoms with Crippen LogP contribution >= 0.6 is 15.9 Å². The van der Waals surface area contributed by atoms with Gasteiger partial charge in [-0.05, 0) is 41.6 Å². The summed E-state index contributed by atoms with van der Waals surface area (Å²) in [5.41, 5.74) is 7.63. The minimum Gasteiger partial charge on any atom is -0.396 e. The summed E-state index contributed by atoms with van der Waals surface area (Å²) < 4.78 is 6.91. The fraction of sp³-hybridized carbons (Fsp3) is 0.643. The lowest BCUT2D eigenvalue weighted by atomic mass is 9.86. The number of ether oxygens (including phenoxy) is 1. The summed E-state index contributed by atoms with van der Waals surface area (Å²) in [7, 11) is 0. The standard InChI is InChI=1S/C14H22BrN3O/c1-3-14(4-2)7-10(5-6-19-14)18-13-11(15)8-17-9-12(13)16/h8-10H,3-7,16H2,1-2H3,(H,17,18). The first-order valence-corrected chi connectivity index (χ1v) is 7.69. The van der Waals surface area contributed by atoms with Crippen LogP contribution in [0, 0.1) is 0 Å². The quantitative estimate of drug-likeness (QED) is 0.887. The van der Waals surface area contributed by atoms with E-state index in [1.165, 1.54) is 0 Å². The van der Waals surface area contributed by atoms with E-state index in [-0.39, 0.29) is 5.60 Å². The molecule has 0 amide bonds. The van der Waals surface area contributed by atoms with E-state index in [1.54, 1.807) is 12.4 Å². The minimum absolute atomic E-state index is 0.0180. The van der Waals surface area contributed by atoms with Crippen LogP contribution in [0.2, 0.25) is 0 Å². The van der Waals surface area contributed by atoms with E-state index in [2.05, 4.69) is 40.1 Å². The van der Waals surface area contributed by atoms with Crippen molar-refractivity contribution >= 4 is 27.3 Å². The van der Waals surface area contributed by atoms with Gasteiger partial charge in [0, 0.05) is 18.8 Å². The van der Waals surface area contributed by atoms with Gasteiger partial charge in [-0.25, -0.2) is 0 Å². The lowest BCUT2D eigenvalue weighted by Crippen LogP contribution is -2.43. The second-order valence-corrected chi connectivity index (χ2v) is 6.01. The topological polar surface area (TPSA) is 60.2 Å². The van der Waals surface area contributed by atoms with Crippen molar-refractivity contribution in [3.8, 4) is 0 Å². The van der Waals surface area contributed by atoms with E-state index >= 15 is 0 Å². The van der Waals surface area contributed by atoms with Gasteiger partial charge in [0.1, 0.15) is 0 Å². The monoisotopic (exact) mass is 327 g/mol. The van der Waals surface area contributed by atoms with Crippen molar-refractivity contribution in [3.63, 3.8) is 0 Å². The molecular weight excluding hydrogens is 306 g/mol. The van der Waals surface area contributed by atoms with E-state index in [0.29, 0.717) is 11.7 Å². The molecule has 0 bridgehead atoms. The predicted octanol–water partition coefficient (Wildman–Crippen LogP) is 3.58. The van der Waals surface area contributed by atoms with Gasteiger partial charge in [-0.3, -0.25) is 4.98 Å². The van der Waals surface area contributed by atoms with E-state index in [9.17, 15) is 0 Å². The summed E-state index contributed by atoms with van der Waals surface area (Å²) in [6.45, 7) is 5.20. The van der Waals surface area contributed by atoms with Crippen molar-refractivity contribution in [1.82, 2.24) is 4.98 Å². The highest BCUT2D eigenvalue weighted by Gasteiger charge is 2.34. The van der Waals surface area contributed by atoms with E-state index in [4.69, 9.17) is 10.5 Å². The fourth-order valence-corrected chi connectivity index (χ4v) is 3.16. The Morgan fingerprint density at radius 1 is 1.47 bits per heavy atom. The van der Waals surface area contributed by atoms with Crippen LogP contribution in [0.15, 0.2) is 16.9 Å². The molecule has 1 fully saturated rings. The highest BCUT2D eigenvalue weighted by molar-refractivity contribution is 9.10. The first-order chi connectivity index (χ1) is 9.10. The maximum absolute atomic E-state index is 6.00. The number of hydrogen-bond donors (Lipinski definition) is 2. The predicted molar refractivity (Wildman–Crippen MR) is 82.3 cm³/mol. The molecule has 1 saturated heterocycles. The summed E-state index contributed by atoms with van der Waals surface area (Å²) >= 11 is 3.50. The van der Waals surface area contributed by atoms with Crippen LogP contribution in [0.1, 0.15) is 39.5 Å². The van der Waals surface area contributed by atoms with Gasteiger partial charge >= 0.3 is 0 Å². The van der Waals surface area contributed by atoms with Gasteiger partial charge in [0.2, 0.25) is 0 Å². The molecule has 1 aromatic rings. The van der Waals surface area contributed by atoms with Crippen LogP contribution in [-0.4, -0.2) is 23.2 Å². The largest absolute Gasteiger partial charge is 0.396 e. The Morgan fingerprint density at radius 3 is 2.84 bits per heavy atom. The average molecular weight is 328 g/mol. The molecule has 1 unspecified atom stereocenters. The molecule has 5 heteroatoms. The minimum atomic E-state index is 0.0180. The van der Waals surface area contributed by atoms with E-state index in [1.807, 2.05) is 0 Å². The highest BCUT2D eigenvalue weighted by atomic mass is 79.9. The van der Waals surface area contributed by atoms with Crippen LogP contribution in [0.4, 0.5) is 11.4 Å². The van der Waals surface area contributed by atoms with Crippen molar-refractivity contribution < 1.29 is 4.74 Å². The maximum Gasteiger partial charge on any atom is 0.0752 e. The number of nitrogens with zero attached hydrogens (tertiary/aromatic N) is 1. The molecule has 2 rings (SSSR count). The van der Waals surface area contributed by atoms with Crippen LogP contribution < -0.4 is 11.1 Å². The molecule has 19 heavy (non-hydrogen) atoms. The van der Waals surface area contributed by atoms with Crippen molar-refractivity contribution in [3.05, 3.63) is 16.9 Å². The Hall–Kier alpha value is -0.810. The second-order valence-electron chi connectivity index (χ2n) is 5.16. The van der Waals surface area contributed by atoms with Gasteiger partial charge in [0.15, 0.2) is 0 Å². The number of pyridine rings is 1.